The molecule has 0 bridgehead atoms. The van der Waals surface area contributed by atoms with Crippen LogP contribution in [0, 0.1) is 0 Å². The third-order valence-corrected chi connectivity index (χ3v) is 4.90. The van der Waals surface area contributed by atoms with Gasteiger partial charge in [-0.2, -0.15) is 0 Å². The van der Waals surface area contributed by atoms with Crippen molar-refractivity contribution >= 4 is 33.3 Å². The van der Waals surface area contributed by atoms with Crippen LogP contribution in [0.3, 0.4) is 0 Å². The minimum absolute atomic E-state index is 0.0712. The predicted octanol–water partition coefficient (Wildman–Crippen LogP) is 2.32. The number of carbonyl (C=O) groups excluding carboxylic acids is 1. The second kappa shape index (κ2) is 8.13. The Morgan fingerprint density at radius 2 is 1.76 bits per heavy atom. The highest BCUT2D eigenvalue weighted by Crippen LogP contribution is 2.28. The third kappa shape index (κ3) is 4.98. The molecule has 0 aliphatic carbocycles. The first-order valence-corrected chi connectivity index (χ1v) is 9.87. The monoisotopic (exact) mass is 411 g/mol. The summed E-state index contributed by atoms with van der Waals surface area (Å²) in [7, 11) is -3.83. The summed E-state index contributed by atoms with van der Waals surface area (Å²) in [5.41, 5.74) is 1.63. The normalized spacial score (nSPS) is 11.8. The highest BCUT2D eigenvalue weighted by molar-refractivity contribution is 7.89. The van der Waals surface area contributed by atoms with Crippen LogP contribution in [0.25, 0.3) is 11.6 Å². The Balaban J connectivity index is 1.95. The second-order valence-electron chi connectivity index (χ2n) is 6.07. The largest absolute Gasteiger partial charge is 0.504 e. The summed E-state index contributed by atoms with van der Waals surface area (Å²) < 4.78 is 22.7. The first-order valence-electron chi connectivity index (χ1n) is 8.32. The minimum Gasteiger partial charge on any atom is -0.504 e. The third-order valence-electron chi connectivity index (χ3n) is 3.97. The van der Waals surface area contributed by atoms with Gasteiger partial charge in [0.15, 0.2) is 11.5 Å². The van der Waals surface area contributed by atoms with Crippen molar-refractivity contribution in [1.29, 1.82) is 0 Å². The Bertz CT molecular complexity index is 1170. The first kappa shape index (κ1) is 20.1. The van der Waals surface area contributed by atoms with Crippen LogP contribution in [0.4, 0.5) is 5.69 Å². The highest BCUT2D eigenvalue weighted by atomic mass is 32.2. The van der Waals surface area contributed by atoms with Gasteiger partial charge in [0.2, 0.25) is 10.0 Å². The topological polar surface area (TPSA) is 143 Å². The number of anilines is 1. The standard InChI is InChI=1S/C20H17N3O5S/c21-29(27,28)16-6-4-15(5-7-16)23-20(26)17(14-2-1-9-22-12-14)10-13-3-8-18(24)19(25)11-13/h1-12,24-25H,(H,23,26)(H2,21,27,28). The van der Waals surface area contributed by atoms with Crippen molar-refractivity contribution in [2.45, 2.75) is 4.90 Å². The van der Waals surface area contributed by atoms with Gasteiger partial charge in [-0.15, -0.1) is 0 Å². The molecule has 3 aromatic rings. The molecule has 1 heterocycles. The van der Waals surface area contributed by atoms with Gasteiger partial charge in [-0.3, -0.25) is 9.78 Å². The number of aromatic hydroxyl groups is 2. The number of benzene rings is 2. The average Bonchev–Trinajstić information content (AvgIpc) is 2.69. The Kier molecular flexibility index (Phi) is 5.62. The van der Waals surface area contributed by atoms with E-state index in [4.69, 9.17) is 5.14 Å². The Labute approximate surface area is 167 Å². The Morgan fingerprint density at radius 1 is 1.03 bits per heavy atom. The molecule has 0 unspecified atom stereocenters. The van der Waals surface area contributed by atoms with Crippen LogP contribution in [0.5, 0.6) is 11.5 Å². The van der Waals surface area contributed by atoms with Gasteiger partial charge in [-0.25, -0.2) is 13.6 Å². The summed E-state index contributed by atoms with van der Waals surface area (Å²) in [4.78, 5) is 16.8. The number of nitrogens with zero attached hydrogens (tertiary/aromatic N) is 1. The second-order valence-corrected chi connectivity index (χ2v) is 7.63. The lowest BCUT2D eigenvalue weighted by Gasteiger charge is -2.10. The average molecular weight is 411 g/mol. The maximum atomic E-state index is 12.9. The number of aromatic nitrogens is 1. The van der Waals surface area contributed by atoms with Crippen LogP contribution in [-0.4, -0.2) is 29.5 Å². The fraction of sp³-hybridized carbons (Fsp3) is 0. The Hall–Kier alpha value is -3.69. The number of amides is 1. The van der Waals surface area contributed by atoms with Gasteiger partial charge >= 0.3 is 0 Å². The van der Waals surface area contributed by atoms with E-state index in [1.807, 2.05) is 0 Å². The van der Waals surface area contributed by atoms with Crippen LogP contribution in [0.1, 0.15) is 11.1 Å². The fourth-order valence-corrected chi connectivity index (χ4v) is 3.04. The van der Waals surface area contributed by atoms with E-state index in [0.29, 0.717) is 16.8 Å². The van der Waals surface area contributed by atoms with Gasteiger partial charge in [0.25, 0.3) is 5.91 Å². The highest BCUT2D eigenvalue weighted by Gasteiger charge is 2.14. The summed E-state index contributed by atoms with van der Waals surface area (Å²) in [6.45, 7) is 0. The van der Waals surface area contributed by atoms with E-state index < -0.39 is 15.9 Å². The molecule has 0 aliphatic rings. The van der Waals surface area contributed by atoms with Gasteiger partial charge < -0.3 is 15.5 Å². The van der Waals surface area contributed by atoms with Crippen molar-refractivity contribution in [3.63, 3.8) is 0 Å². The van der Waals surface area contributed by atoms with Crippen LogP contribution in [0.15, 0.2) is 71.9 Å². The molecule has 5 N–H and O–H groups in total. The van der Waals surface area contributed by atoms with Gasteiger partial charge in [0.1, 0.15) is 0 Å². The molecule has 9 heteroatoms. The lowest BCUT2D eigenvalue weighted by molar-refractivity contribution is -0.111. The molecule has 0 saturated carbocycles. The van der Waals surface area contributed by atoms with Crippen molar-refractivity contribution in [2.24, 2.45) is 5.14 Å². The number of phenolic OH excluding ortho intramolecular Hbond substituents is 2. The van der Waals surface area contributed by atoms with Crippen LogP contribution < -0.4 is 10.5 Å². The number of sulfonamides is 1. The lowest BCUT2D eigenvalue weighted by atomic mass is 10.0. The summed E-state index contributed by atoms with van der Waals surface area (Å²) in [5.74, 6) is -1.07. The van der Waals surface area contributed by atoms with E-state index in [2.05, 4.69) is 10.3 Å². The van der Waals surface area contributed by atoms with Crippen molar-refractivity contribution in [3.8, 4) is 11.5 Å². The van der Waals surface area contributed by atoms with Crippen LogP contribution in [0.2, 0.25) is 0 Å². The maximum Gasteiger partial charge on any atom is 0.256 e. The van der Waals surface area contributed by atoms with Gasteiger partial charge in [0, 0.05) is 29.2 Å². The van der Waals surface area contributed by atoms with Crippen LogP contribution >= 0.6 is 0 Å². The molecular formula is C20H17N3O5S. The number of hydrogen-bond donors (Lipinski definition) is 4. The molecule has 29 heavy (non-hydrogen) atoms. The zero-order chi connectivity index (χ0) is 21.0. The molecule has 148 valence electrons. The van der Waals surface area contributed by atoms with Crippen LogP contribution in [-0.2, 0) is 14.8 Å². The number of rotatable bonds is 5. The van der Waals surface area contributed by atoms with Crippen molar-refractivity contribution in [1.82, 2.24) is 4.98 Å². The van der Waals surface area contributed by atoms with E-state index in [1.54, 1.807) is 24.4 Å². The maximum absolute atomic E-state index is 12.9. The quantitative estimate of drug-likeness (QED) is 0.375. The zero-order valence-corrected chi connectivity index (χ0v) is 15.8. The summed E-state index contributed by atoms with van der Waals surface area (Å²) in [5, 5.41) is 26.9. The van der Waals surface area contributed by atoms with Crippen molar-refractivity contribution in [3.05, 3.63) is 78.1 Å². The lowest BCUT2D eigenvalue weighted by Crippen LogP contribution is -2.15. The minimum atomic E-state index is -3.83. The fourth-order valence-electron chi connectivity index (χ4n) is 2.53. The van der Waals surface area contributed by atoms with E-state index in [0.717, 1.165) is 0 Å². The molecular weight excluding hydrogens is 394 g/mol. The molecule has 8 nitrogen and oxygen atoms in total. The molecule has 1 aromatic heterocycles. The van der Waals surface area contributed by atoms with E-state index in [1.165, 1.54) is 48.7 Å². The van der Waals surface area contributed by atoms with E-state index in [-0.39, 0.29) is 22.0 Å². The molecule has 0 radical (unpaired) electrons. The SMILES string of the molecule is NS(=O)(=O)c1ccc(NC(=O)C(=Cc2ccc(O)c(O)c2)c2cccnc2)cc1. The van der Waals surface area contributed by atoms with Crippen molar-refractivity contribution in [2.75, 3.05) is 5.32 Å². The number of nitrogens with two attached hydrogens (primary N) is 1. The summed E-state index contributed by atoms with van der Waals surface area (Å²) in [6, 6.07) is 13.0. The molecule has 0 spiro atoms. The molecule has 0 aliphatic heterocycles. The predicted molar refractivity (Wildman–Crippen MR) is 108 cm³/mol. The van der Waals surface area contributed by atoms with Gasteiger partial charge in [-0.1, -0.05) is 12.1 Å². The summed E-state index contributed by atoms with van der Waals surface area (Å²) in [6.07, 6.45) is 4.61. The number of carbonyl (C=O) groups is 1. The van der Waals surface area contributed by atoms with E-state index >= 15 is 0 Å². The molecule has 2 aromatic carbocycles. The molecule has 3 rings (SSSR count). The molecule has 0 fully saturated rings. The number of nitrogens with one attached hydrogen (secondary N) is 1. The molecule has 0 atom stereocenters. The van der Waals surface area contributed by atoms with Gasteiger partial charge in [-0.05, 0) is 54.1 Å². The van der Waals surface area contributed by atoms with E-state index in [9.17, 15) is 23.4 Å². The molecule has 0 saturated heterocycles. The zero-order valence-electron chi connectivity index (χ0n) is 15.0. The number of pyridine rings is 1. The number of primary sulfonamides is 1. The number of phenols is 2. The molecule has 1 amide bonds. The smallest absolute Gasteiger partial charge is 0.256 e. The number of hydrogen-bond acceptors (Lipinski definition) is 6. The first-order chi connectivity index (χ1) is 13.7. The van der Waals surface area contributed by atoms with Gasteiger partial charge in [0.05, 0.1) is 4.90 Å². The van der Waals surface area contributed by atoms with Crippen molar-refractivity contribution < 1.29 is 23.4 Å². The summed E-state index contributed by atoms with van der Waals surface area (Å²) >= 11 is 0. The Morgan fingerprint density at radius 3 is 2.34 bits per heavy atom.